The minimum atomic E-state index is -0.283. The summed E-state index contributed by atoms with van der Waals surface area (Å²) in [6.07, 6.45) is 0. The molecule has 2 aliphatic rings. The largest absolute Gasteiger partial charge is 0.539 e. The molecule has 0 aromatic carbocycles. The average Bonchev–Trinajstić information content (AvgIpc) is 2.50. The Kier molecular flexibility index (Phi) is 2.19. The summed E-state index contributed by atoms with van der Waals surface area (Å²) < 4.78 is 4.96. The van der Waals surface area contributed by atoms with Crippen molar-refractivity contribution in [3.8, 4) is 16.9 Å². The van der Waals surface area contributed by atoms with Crippen LogP contribution in [-0.4, -0.2) is 12.7 Å². The summed E-state index contributed by atoms with van der Waals surface area (Å²) in [6, 6.07) is 13.7. The Labute approximate surface area is 77.4 Å². The number of rotatable bonds is 2. The van der Waals surface area contributed by atoms with Gasteiger partial charge in [-0.15, -0.1) is 0 Å². The number of fused-ring (bicyclic) bond motifs is 1. The minimum Gasteiger partial charge on any atom is -0.539 e. The molecule has 0 amide bonds. The Morgan fingerprint density at radius 3 is 2.08 bits per heavy atom. The van der Waals surface area contributed by atoms with E-state index in [9.17, 15) is 0 Å². The summed E-state index contributed by atoms with van der Waals surface area (Å²) in [6.45, 7) is 0. The van der Waals surface area contributed by atoms with Crippen molar-refractivity contribution >= 4 is 7.69 Å². The first-order chi connectivity index (χ1) is 6.40. The van der Waals surface area contributed by atoms with Gasteiger partial charge in [-0.2, -0.15) is 0 Å². The molecule has 0 spiro atoms. The molecule has 0 aliphatic heterocycles. The van der Waals surface area contributed by atoms with E-state index in [0.29, 0.717) is 5.75 Å². The summed E-state index contributed by atoms with van der Waals surface area (Å²) in [5, 5.41) is 8.57. The Bertz CT molecular complexity index is 345. The Hall–Kier alpha value is -1.48. The fraction of sp³-hybridized carbons (Fsp3) is 0. The predicted octanol–water partition coefficient (Wildman–Crippen LogP) is 1.43. The Balaban J connectivity index is 2.43. The maximum Gasteiger partial charge on any atom is 0.504 e. The molecule has 13 heavy (non-hydrogen) atoms. The fourth-order valence-electron chi connectivity index (χ4n) is 1.32. The second-order valence-corrected chi connectivity index (χ2v) is 2.78. The fourth-order valence-corrected chi connectivity index (χ4v) is 1.32. The van der Waals surface area contributed by atoms with Gasteiger partial charge in [0.05, 0.1) is 0 Å². The Morgan fingerprint density at radius 2 is 1.54 bits per heavy atom. The maximum atomic E-state index is 8.57. The zero-order valence-electron chi connectivity index (χ0n) is 7.10. The lowest BCUT2D eigenvalue weighted by Crippen LogP contribution is -1.98. The molecule has 3 heteroatoms. The smallest absolute Gasteiger partial charge is 0.504 e. The van der Waals surface area contributed by atoms with Crippen molar-refractivity contribution < 1.29 is 9.68 Å². The first-order valence-corrected chi connectivity index (χ1v) is 4.12. The van der Waals surface area contributed by atoms with E-state index in [-0.39, 0.29) is 7.69 Å². The molecule has 0 heterocycles. The van der Waals surface area contributed by atoms with E-state index in [1.165, 1.54) is 11.1 Å². The first-order valence-electron chi connectivity index (χ1n) is 4.12. The molecule has 0 saturated heterocycles. The van der Waals surface area contributed by atoms with Crippen LogP contribution in [0.2, 0.25) is 0 Å². The van der Waals surface area contributed by atoms with Crippen molar-refractivity contribution in [1.29, 1.82) is 0 Å². The normalized spacial score (nSPS) is 9.92. The molecule has 2 aliphatic carbocycles. The van der Waals surface area contributed by atoms with Gasteiger partial charge in [-0.1, -0.05) is 30.3 Å². The molecule has 0 aromatic rings. The van der Waals surface area contributed by atoms with Crippen LogP contribution < -0.4 is 4.65 Å². The van der Waals surface area contributed by atoms with Crippen LogP contribution >= 0.6 is 0 Å². The van der Waals surface area contributed by atoms with E-state index in [4.69, 9.17) is 9.68 Å². The number of hydrogen-bond donors (Lipinski definition) is 1. The maximum absolute atomic E-state index is 8.57. The molecular weight excluding hydrogens is 163 g/mol. The summed E-state index contributed by atoms with van der Waals surface area (Å²) >= 11 is 0. The molecule has 64 valence electrons. The van der Waals surface area contributed by atoms with Crippen molar-refractivity contribution in [2.75, 3.05) is 0 Å². The molecule has 2 nitrogen and oxygen atoms in total. The van der Waals surface area contributed by atoms with Gasteiger partial charge in [-0.25, -0.2) is 0 Å². The van der Waals surface area contributed by atoms with Gasteiger partial charge in [0.2, 0.25) is 0 Å². The van der Waals surface area contributed by atoms with Crippen LogP contribution in [0.15, 0.2) is 42.5 Å². The van der Waals surface area contributed by atoms with Gasteiger partial charge in [-0.3, -0.25) is 0 Å². The van der Waals surface area contributed by atoms with E-state index in [1.807, 2.05) is 42.5 Å². The van der Waals surface area contributed by atoms with Gasteiger partial charge in [0.1, 0.15) is 5.75 Å². The lowest BCUT2D eigenvalue weighted by atomic mass is 10.2. The average molecular weight is 172 g/mol. The van der Waals surface area contributed by atoms with Gasteiger partial charge in [0.25, 0.3) is 0 Å². The molecule has 0 radical (unpaired) electrons. The monoisotopic (exact) mass is 172 g/mol. The summed E-state index contributed by atoms with van der Waals surface area (Å²) in [5.41, 5.74) is 2.35. The third-order valence-electron chi connectivity index (χ3n) is 1.97. The van der Waals surface area contributed by atoms with E-state index < -0.39 is 0 Å². The molecule has 0 bridgehead atoms. The van der Waals surface area contributed by atoms with Crippen molar-refractivity contribution in [2.24, 2.45) is 0 Å². The van der Waals surface area contributed by atoms with Crippen LogP contribution in [0.5, 0.6) is 5.75 Å². The quantitative estimate of drug-likeness (QED) is 0.694. The highest BCUT2D eigenvalue weighted by Gasteiger charge is 1.99. The lowest BCUT2D eigenvalue weighted by Gasteiger charge is -1.95. The molecule has 2 rings (SSSR count). The Morgan fingerprint density at radius 1 is 0.923 bits per heavy atom. The number of hydrogen-bond acceptors (Lipinski definition) is 2. The highest BCUT2D eigenvalue weighted by atomic mass is 16.5. The highest BCUT2D eigenvalue weighted by Crippen LogP contribution is 2.23. The third kappa shape index (κ3) is 1.65. The summed E-state index contributed by atoms with van der Waals surface area (Å²) in [5.74, 6) is 0.679. The molecule has 1 N–H and O–H groups in total. The van der Waals surface area contributed by atoms with Crippen LogP contribution in [0.25, 0.3) is 11.1 Å². The van der Waals surface area contributed by atoms with Crippen molar-refractivity contribution in [3.63, 3.8) is 0 Å². The summed E-state index contributed by atoms with van der Waals surface area (Å²) in [4.78, 5) is 0. The van der Waals surface area contributed by atoms with Crippen molar-refractivity contribution in [3.05, 3.63) is 42.5 Å². The predicted molar refractivity (Wildman–Crippen MR) is 53.1 cm³/mol. The second-order valence-electron chi connectivity index (χ2n) is 2.78. The van der Waals surface area contributed by atoms with E-state index in [2.05, 4.69) is 0 Å². The summed E-state index contributed by atoms with van der Waals surface area (Å²) in [7, 11) is -0.283. The van der Waals surface area contributed by atoms with Crippen LogP contribution in [-0.2, 0) is 0 Å². The van der Waals surface area contributed by atoms with Gasteiger partial charge >= 0.3 is 7.69 Å². The van der Waals surface area contributed by atoms with E-state index in [0.717, 1.165) is 0 Å². The molecule has 0 aromatic heterocycles. The highest BCUT2D eigenvalue weighted by molar-refractivity contribution is 6.17. The van der Waals surface area contributed by atoms with Gasteiger partial charge < -0.3 is 9.68 Å². The van der Waals surface area contributed by atoms with Crippen molar-refractivity contribution in [1.82, 2.24) is 0 Å². The third-order valence-corrected chi connectivity index (χ3v) is 1.97. The van der Waals surface area contributed by atoms with E-state index in [1.54, 1.807) is 0 Å². The van der Waals surface area contributed by atoms with Crippen molar-refractivity contribution in [2.45, 2.75) is 0 Å². The van der Waals surface area contributed by atoms with Gasteiger partial charge in [0.15, 0.2) is 0 Å². The minimum absolute atomic E-state index is 0.283. The lowest BCUT2D eigenvalue weighted by molar-refractivity contribution is 0.454. The zero-order chi connectivity index (χ0) is 9.10. The SMILES string of the molecule is OBOc1ccc2cccc-2cc1. The molecule has 0 saturated carbocycles. The standard InChI is InChI=1S/C10H9BO2/c12-11-13-10-6-4-8-2-1-3-9(8)5-7-10/h1-7,11-12H. The topological polar surface area (TPSA) is 29.5 Å². The molecule has 0 atom stereocenters. The van der Waals surface area contributed by atoms with Crippen LogP contribution in [0.4, 0.5) is 0 Å². The van der Waals surface area contributed by atoms with E-state index >= 15 is 0 Å². The molecule has 0 fully saturated rings. The van der Waals surface area contributed by atoms with Gasteiger partial charge in [0, 0.05) is 0 Å². The first kappa shape index (κ1) is 8.14. The second kappa shape index (κ2) is 3.50. The van der Waals surface area contributed by atoms with Crippen LogP contribution in [0.3, 0.4) is 0 Å². The zero-order valence-corrected chi connectivity index (χ0v) is 7.10. The van der Waals surface area contributed by atoms with Crippen LogP contribution in [0.1, 0.15) is 0 Å². The molecule has 0 unspecified atom stereocenters. The van der Waals surface area contributed by atoms with Crippen LogP contribution in [0, 0.1) is 0 Å². The molecular formula is C10H9BO2. The van der Waals surface area contributed by atoms with Gasteiger partial charge in [-0.05, 0) is 23.3 Å².